The second kappa shape index (κ2) is 13.5. The molecule has 2 amide bonds. The van der Waals surface area contributed by atoms with Crippen LogP contribution in [0.4, 0.5) is 5.69 Å². The lowest BCUT2D eigenvalue weighted by Gasteiger charge is -2.32. The first kappa shape index (κ1) is 30.8. The number of nitrogens with zero attached hydrogens (tertiary/aromatic N) is 2. The van der Waals surface area contributed by atoms with Crippen molar-refractivity contribution in [3.8, 4) is 0 Å². The third kappa shape index (κ3) is 8.11. The molecule has 11 heteroatoms. The predicted molar refractivity (Wildman–Crippen MR) is 157 cm³/mol. The van der Waals surface area contributed by atoms with Gasteiger partial charge in [0, 0.05) is 27.7 Å². The van der Waals surface area contributed by atoms with E-state index in [0.717, 1.165) is 9.87 Å². The smallest absolute Gasteiger partial charge is 0.264 e. The van der Waals surface area contributed by atoms with Crippen molar-refractivity contribution in [1.82, 2.24) is 10.2 Å². The summed E-state index contributed by atoms with van der Waals surface area (Å²) in [5, 5.41) is 4.10. The third-order valence-electron chi connectivity index (χ3n) is 6.21. The van der Waals surface area contributed by atoms with Crippen molar-refractivity contribution >= 4 is 62.3 Å². The van der Waals surface area contributed by atoms with Crippen LogP contribution in [0.5, 0.6) is 0 Å². The van der Waals surface area contributed by atoms with E-state index in [1.54, 1.807) is 49.4 Å². The molecule has 0 fully saturated rings. The van der Waals surface area contributed by atoms with E-state index in [9.17, 15) is 18.0 Å². The number of amides is 2. The fourth-order valence-corrected chi connectivity index (χ4v) is 5.57. The number of nitrogens with one attached hydrogen (secondary N) is 1. The Labute approximate surface area is 244 Å². The average molecular weight is 611 g/mol. The summed E-state index contributed by atoms with van der Waals surface area (Å²) in [4.78, 5) is 28.2. The zero-order valence-corrected chi connectivity index (χ0v) is 24.9. The molecular weight excluding hydrogens is 581 g/mol. The Bertz CT molecular complexity index is 1400. The van der Waals surface area contributed by atoms with Crippen LogP contribution >= 0.6 is 34.8 Å². The van der Waals surface area contributed by atoms with Crippen LogP contribution in [0.1, 0.15) is 32.8 Å². The van der Waals surface area contributed by atoms with E-state index in [4.69, 9.17) is 34.8 Å². The minimum absolute atomic E-state index is 0.0495. The highest BCUT2D eigenvalue weighted by Crippen LogP contribution is 2.27. The fourth-order valence-electron chi connectivity index (χ4n) is 3.73. The minimum atomic E-state index is -4.21. The van der Waals surface area contributed by atoms with Gasteiger partial charge in [0.15, 0.2) is 0 Å². The number of benzene rings is 3. The second-order valence-electron chi connectivity index (χ2n) is 9.09. The molecule has 39 heavy (non-hydrogen) atoms. The SMILES string of the molecule is CCC(C)NC(=O)C(C)N(Cc1ccc(Cl)cc1)C(=O)CN(c1cccc(Cl)c1)S(=O)(=O)c1ccc(Cl)cc1. The molecule has 208 valence electrons. The second-order valence-corrected chi connectivity index (χ2v) is 12.3. The molecule has 0 aliphatic heterocycles. The summed E-state index contributed by atoms with van der Waals surface area (Å²) in [5.74, 6) is -0.921. The zero-order valence-electron chi connectivity index (χ0n) is 21.8. The summed E-state index contributed by atoms with van der Waals surface area (Å²) < 4.78 is 28.5. The number of sulfonamides is 1. The molecule has 1 N–H and O–H groups in total. The molecule has 0 heterocycles. The van der Waals surface area contributed by atoms with Gasteiger partial charge in [0.1, 0.15) is 12.6 Å². The molecular formula is C28H30Cl3N3O4S. The van der Waals surface area contributed by atoms with Gasteiger partial charge in [0.25, 0.3) is 10.0 Å². The molecule has 2 atom stereocenters. The highest BCUT2D eigenvalue weighted by Gasteiger charge is 2.33. The first-order valence-corrected chi connectivity index (χ1v) is 14.9. The monoisotopic (exact) mass is 609 g/mol. The van der Waals surface area contributed by atoms with E-state index >= 15 is 0 Å². The third-order valence-corrected chi connectivity index (χ3v) is 8.74. The number of carbonyl (C=O) groups is 2. The van der Waals surface area contributed by atoms with Crippen LogP contribution in [-0.2, 0) is 26.2 Å². The first-order chi connectivity index (χ1) is 18.4. The number of anilines is 1. The standard InChI is InChI=1S/C28H30Cl3N3O4S/c1-4-19(2)32-28(36)20(3)33(17-21-8-10-22(29)11-9-21)27(35)18-34(25-7-5-6-24(31)16-25)39(37,38)26-14-12-23(30)13-15-26/h5-16,19-20H,4,17-18H2,1-3H3,(H,32,36). The maximum atomic E-state index is 13.9. The van der Waals surface area contributed by atoms with Crippen molar-refractivity contribution in [2.24, 2.45) is 0 Å². The molecule has 0 aliphatic carbocycles. The Hall–Kier alpha value is -2.78. The van der Waals surface area contributed by atoms with Crippen LogP contribution < -0.4 is 9.62 Å². The highest BCUT2D eigenvalue weighted by atomic mass is 35.5. The van der Waals surface area contributed by atoms with Crippen LogP contribution in [0.25, 0.3) is 0 Å². The van der Waals surface area contributed by atoms with Gasteiger partial charge in [-0.05, 0) is 80.4 Å². The van der Waals surface area contributed by atoms with Gasteiger partial charge in [0.2, 0.25) is 11.8 Å². The van der Waals surface area contributed by atoms with Crippen LogP contribution in [-0.4, -0.2) is 43.8 Å². The molecule has 2 unspecified atom stereocenters. The van der Waals surface area contributed by atoms with Crippen LogP contribution in [0.2, 0.25) is 15.1 Å². The van der Waals surface area contributed by atoms with Gasteiger partial charge in [0.05, 0.1) is 10.6 Å². The van der Waals surface area contributed by atoms with E-state index in [1.165, 1.54) is 35.2 Å². The number of halogens is 3. The maximum Gasteiger partial charge on any atom is 0.264 e. The molecule has 0 aliphatic rings. The molecule has 3 rings (SSSR count). The number of rotatable bonds is 11. The highest BCUT2D eigenvalue weighted by molar-refractivity contribution is 7.92. The van der Waals surface area contributed by atoms with Gasteiger partial charge in [-0.2, -0.15) is 0 Å². The van der Waals surface area contributed by atoms with E-state index in [1.807, 2.05) is 13.8 Å². The summed E-state index contributed by atoms with van der Waals surface area (Å²) >= 11 is 18.2. The minimum Gasteiger partial charge on any atom is -0.352 e. The number of carbonyl (C=O) groups excluding carboxylic acids is 2. The fraction of sp³-hybridized carbons (Fsp3) is 0.286. The van der Waals surface area contributed by atoms with E-state index in [-0.39, 0.29) is 29.1 Å². The first-order valence-electron chi connectivity index (χ1n) is 12.3. The molecule has 0 saturated carbocycles. The lowest BCUT2D eigenvalue weighted by atomic mass is 10.1. The van der Waals surface area contributed by atoms with Gasteiger partial charge in [-0.3, -0.25) is 13.9 Å². The van der Waals surface area contributed by atoms with Crippen molar-refractivity contribution in [2.45, 2.75) is 50.7 Å². The molecule has 0 spiro atoms. The van der Waals surface area contributed by atoms with E-state index in [2.05, 4.69) is 5.32 Å². The summed E-state index contributed by atoms with van der Waals surface area (Å²) in [6.07, 6.45) is 0.714. The maximum absolute atomic E-state index is 13.9. The normalized spacial score (nSPS) is 12.9. The molecule has 3 aromatic carbocycles. The molecule has 3 aromatic rings. The number of hydrogen-bond donors (Lipinski definition) is 1. The Morgan fingerprint density at radius 1 is 0.872 bits per heavy atom. The Morgan fingerprint density at radius 3 is 2.03 bits per heavy atom. The summed E-state index contributed by atoms with van der Waals surface area (Å²) in [5.41, 5.74) is 0.930. The quantitative estimate of drug-likeness (QED) is 0.281. The van der Waals surface area contributed by atoms with Crippen LogP contribution in [0, 0.1) is 0 Å². The topological polar surface area (TPSA) is 86.8 Å². The van der Waals surface area contributed by atoms with Crippen LogP contribution in [0.3, 0.4) is 0 Å². The molecule has 7 nitrogen and oxygen atoms in total. The van der Waals surface area contributed by atoms with Gasteiger partial charge in [-0.25, -0.2) is 8.42 Å². The van der Waals surface area contributed by atoms with E-state index in [0.29, 0.717) is 21.5 Å². The molecule has 0 aromatic heterocycles. The molecule has 0 bridgehead atoms. The number of hydrogen-bond acceptors (Lipinski definition) is 4. The van der Waals surface area contributed by atoms with Gasteiger partial charge in [-0.1, -0.05) is 59.9 Å². The summed E-state index contributed by atoms with van der Waals surface area (Å²) in [6.45, 7) is 4.92. The van der Waals surface area contributed by atoms with Crippen molar-refractivity contribution in [3.63, 3.8) is 0 Å². The average Bonchev–Trinajstić information content (AvgIpc) is 2.90. The summed E-state index contributed by atoms with van der Waals surface area (Å²) in [7, 11) is -4.21. The van der Waals surface area contributed by atoms with Crippen molar-refractivity contribution < 1.29 is 18.0 Å². The van der Waals surface area contributed by atoms with Crippen LogP contribution in [0.15, 0.2) is 77.7 Å². The van der Waals surface area contributed by atoms with Gasteiger partial charge >= 0.3 is 0 Å². The largest absolute Gasteiger partial charge is 0.352 e. The Kier molecular flexibility index (Phi) is 10.7. The van der Waals surface area contributed by atoms with Gasteiger partial charge < -0.3 is 10.2 Å². The van der Waals surface area contributed by atoms with Crippen molar-refractivity contribution in [2.75, 3.05) is 10.8 Å². The predicted octanol–water partition coefficient (Wildman–Crippen LogP) is 6.17. The van der Waals surface area contributed by atoms with Crippen molar-refractivity contribution in [3.05, 3.63) is 93.4 Å². The lowest BCUT2D eigenvalue weighted by Crippen LogP contribution is -2.52. The lowest BCUT2D eigenvalue weighted by molar-refractivity contribution is -0.139. The molecule has 0 saturated heterocycles. The van der Waals surface area contributed by atoms with E-state index < -0.39 is 28.5 Å². The Balaban J connectivity index is 2.02. The Morgan fingerprint density at radius 2 is 1.46 bits per heavy atom. The molecule has 0 radical (unpaired) electrons. The zero-order chi connectivity index (χ0) is 28.7. The van der Waals surface area contributed by atoms with Gasteiger partial charge in [-0.15, -0.1) is 0 Å². The van der Waals surface area contributed by atoms with Crippen molar-refractivity contribution in [1.29, 1.82) is 0 Å². The summed E-state index contributed by atoms with van der Waals surface area (Å²) in [6, 6.07) is 17.8.